The third-order valence-electron chi connectivity index (χ3n) is 5.39. The lowest BCUT2D eigenvalue weighted by Crippen LogP contribution is -2.47. The zero-order valence-electron chi connectivity index (χ0n) is 17.0. The number of nitrogens with two attached hydrogens (primary N) is 1. The van der Waals surface area contributed by atoms with E-state index in [0.717, 1.165) is 37.4 Å². The molecule has 4 rings (SSSR count). The molecule has 1 saturated heterocycles. The van der Waals surface area contributed by atoms with E-state index in [1.54, 1.807) is 23.0 Å². The van der Waals surface area contributed by atoms with Crippen LogP contribution in [0.5, 0.6) is 0 Å². The van der Waals surface area contributed by atoms with Crippen LogP contribution in [0.15, 0.2) is 54.7 Å². The highest BCUT2D eigenvalue weighted by molar-refractivity contribution is 6.12. The van der Waals surface area contributed by atoms with Gasteiger partial charge in [-0.05, 0) is 30.8 Å². The van der Waals surface area contributed by atoms with Crippen LogP contribution >= 0.6 is 0 Å². The number of para-hydroxylation sites is 1. The fourth-order valence-electron chi connectivity index (χ4n) is 3.48. The zero-order valence-corrected chi connectivity index (χ0v) is 17.0. The Labute approximate surface area is 175 Å². The molecule has 0 spiro atoms. The van der Waals surface area contributed by atoms with Crippen molar-refractivity contribution in [1.82, 2.24) is 24.8 Å². The number of hydrogen-bond acceptors (Lipinski definition) is 6. The van der Waals surface area contributed by atoms with E-state index in [1.165, 1.54) is 0 Å². The van der Waals surface area contributed by atoms with Crippen LogP contribution in [0.2, 0.25) is 0 Å². The number of rotatable bonds is 5. The molecule has 0 atom stereocenters. The molecule has 3 N–H and O–H groups in total. The van der Waals surface area contributed by atoms with Gasteiger partial charge in [-0.15, -0.1) is 5.10 Å². The maximum atomic E-state index is 12.5. The maximum Gasteiger partial charge on any atom is 0.227 e. The molecule has 1 amide bonds. The van der Waals surface area contributed by atoms with Crippen molar-refractivity contribution in [3.05, 3.63) is 71.5 Å². The Hall–Kier alpha value is -3.52. The third kappa shape index (κ3) is 4.23. The minimum absolute atomic E-state index is 0.160. The van der Waals surface area contributed by atoms with Gasteiger partial charge in [0.1, 0.15) is 5.69 Å². The standard InChI is InChI=1S/C22H25N7O/c1-27-10-12-28(13-11-27)21(30)14-16-6-8-17(9-7-16)29-15-20(25-26-29)22(24)18-4-2-3-5-19(18)23/h2-9,15,24H,10-14,23H2,1H3. The Morgan fingerprint density at radius 1 is 1.07 bits per heavy atom. The molecule has 0 radical (unpaired) electrons. The van der Waals surface area contributed by atoms with Crippen molar-refractivity contribution < 1.29 is 4.79 Å². The van der Waals surface area contributed by atoms with E-state index in [-0.39, 0.29) is 11.6 Å². The van der Waals surface area contributed by atoms with Gasteiger partial charge in [0.05, 0.1) is 24.0 Å². The summed E-state index contributed by atoms with van der Waals surface area (Å²) in [4.78, 5) is 16.7. The van der Waals surface area contributed by atoms with Crippen LogP contribution in [-0.2, 0) is 11.2 Å². The van der Waals surface area contributed by atoms with Crippen LogP contribution in [0.4, 0.5) is 5.69 Å². The lowest BCUT2D eigenvalue weighted by Gasteiger charge is -2.32. The van der Waals surface area contributed by atoms with E-state index >= 15 is 0 Å². The summed E-state index contributed by atoms with van der Waals surface area (Å²) in [5.41, 5.74) is 9.59. The van der Waals surface area contributed by atoms with Gasteiger partial charge >= 0.3 is 0 Å². The number of nitrogens with zero attached hydrogens (tertiary/aromatic N) is 5. The van der Waals surface area contributed by atoms with Gasteiger partial charge in [0.2, 0.25) is 5.91 Å². The largest absolute Gasteiger partial charge is 0.398 e. The number of anilines is 1. The van der Waals surface area contributed by atoms with E-state index < -0.39 is 0 Å². The number of carbonyl (C=O) groups is 1. The number of aromatic nitrogens is 3. The summed E-state index contributed by atoms with van der Waals surface area (Å²) in [7, 11) is 2.08. The number of carbonyl (C=O) groups excluding carboxylic acids is 1. The molecule has 0 aliphatic carbocycles. The van der Waals surface area contributed by atoms with E-state index in [9.17, 15) is 4.79 Å². The molecule has 8 nitrogen and oxygen atoms in total. The predicted molar refractivity (Wildman–Crippen MR) is 116 cm³/mol. The number of piperazine rings is 1. The number of hydrogen-bond donors (Lipinski definition) is 2. The van der Waals surface area contributed by atoms with Crippen LogP contribution in [0, 0.1) is 5.41 Å². The highest BCUT2D eigenvalue weighted by Crippen LogP contribution is 2.16. The first-order valence-corrected chi connectivity index (χ1v) is 9.93. The Bertz CT molecular complexity index is 1050. The van der Waals surface area contributed by atoms with E-state index in [0.29, 0.717) is 23.4 Å². The molecule has 30 heavy (non-hydrogen) atoms. The van der Waals surface area contributed by atoms with Crippen molar-refractivity contribution in [2.24, 2.45) is 0 Å². The van der Waals surface area contributed by atoms with Crippen LogP contribution in [0.25, 0.3) is 5.69 Å². The molecule has 0 bridgehead atoms. The summed E-state index contributed by atoms with van der Waals surface area (Å²) >= 11 is 0. The van der Waals surface area contributed by atoms with Gasteiger partial charge in [0.15, 0.2) is 0 Å². The summed E-state index contributed by atoms with van der Waals surface area (Å²) in [6.07, 6.45) is 2.10. The molecule has 0 unspecified atom stereocenters. The number of nitrogens with one attached hydrogen (secondary N) is 1. The number of nitrogen functional groups attached to an aromatic ring is 1. The van der Waals surface area contributed by atoms with Gasteiger partial charge in [-0.1, -0.05) is 35.5 Å². The molecule has 1 fully saturated rings. The fourth-order valence-corrected chi connectivity index (χ4v) is 3.48. The molecule has 0 saturated carbocycles. The van der Waals surface area contributed by atoms with Gasteiger partial charge in [0, 0.05) is 37.4 Å². The summed E-state index contributed by atoms with van der Waals surface area (Å²) in [6, 6.07) is 14.9. The molecule has 3 aromatic rings. The van der Waals surface area contributed by atoms with Gasteiger partial charge < -0.3 is 15.5 Å². The second-order valence-electron chi connectivity index (χ2n) is 7.54. The Kier molecular flexibility index (Phi) is 5.58. The quantitative estimate of drug-likeness (QED) is 0.497. The van der Waals surface area contributed by atoms with Crippen molar-refractivity contribution in [2.45, 2.75) is 6.42 Å². The second-order valence-corrected chi connectivity index (χ2v) is 7.54. The van der Waals surface area contributed by atoms with Crippen molar-refractivity contribution in [1.29, 1.82) is 5.41 Å². The van der Waals surface area contributed by atoms with E-state index in [2.05, 4.69) is 22.3 Å². The van der Waals surface area contributed by atoms with Crippen LogP contribution in [0.3, 0.4) is 0 Å². The van der Waals surface area contributed by atoms with Crippen molar-refractivity contribution in [3.63, 3.8) is 0 Å². The number of benzene rings is 2. The van der Waals surface area contributed by atoms with Crippen LogP contribution in [-0.4, -0.2) is 69.6 Å². The normalized spacial score (nSPS) is 14.6. The molecule has 2 aromatic carbocycles. The number of likely N-dealkylation sites (N-methyl/N-ethyl adjacent to an activating group) is 1. The highest BCUT2D eigenvalue weighted by atomic mass is 16.2. The molecule has 154 valence electrons. The van der Waals surface area contributed by atoms with Gasteiger partial charge in [0.25, 0.3) is 0 Å². The van der Waals surface area contributed by atoms with Gasteiger partial charge in [-0.2, -0.15) is 0 Å². The SMILES string of the molecule is CN1CCN(C(=O)Cc2ccc(-n3cc(C(=N)c4ccccc4N)nn3)cc2)CC1. The van der Waals surface area contributed by atoms with Crippen molar-refractivity contribution >= 4 is 17.3 Å². The molecular formula is C22H25N7O. The summed E-state index contributed by atoms with van der Waals surface area (Å²) in [6.45, 7) is 3.41. The van der Waals surface area contributed by atoms with E-state index in [4.69, 9.17) is 11.1 Å². The Balaban J connectivity index is 1.43. The minimum atomic E-state index is 0.160. The average molecular weight is 403 g/mol. The smallest absolute Gasteiger partial charge is 0.227 e. The van der Waals surface area contributed by atoms with Gasteiger partial charge in [-0.3, -0.25) is 10.2 Å². The number of amides is 1. The molecular weight excluding hydrogens is 378 g/mol. The first kappa shape index (κ1) is 19.8. The maximum absolute atomic E-state index is 12.5. The third-order valence-corrected chi connectivity index (χ3v) is 5.39. The average Bonchev–Trinajstić information content (AvgIpc) is 3.25. The Morgan fingerprint density at radius 3 is 2.47 bits per heavy atom. The van der Waals surface area contributed by atoms with Crippen molar-refractivity contribution in [2.75, 3.05) is 39.0 Å². The first-order valence-electron chi connectivity index (χ1n) is 9.93. The lowest BCUT2D eigenvalue weighted by atomic mass is 10.1. The topological polar surface area (TPSA) is 104 Å². The molecule has 2 heterocycles. The monoisotopic (exact) mass is 403 g/mol. The Morgan fingerprint density at radius 2 is 1.77 bits per heavy atom. The summed E-state index contributed by atoms with van der Waals surface area (Å²) < 4.78 is 1.62. The molecule has 1 aromatic heterocycles. The second kappa shape index (κ2) is 8.46. The molecule has 8 heteroatoms. The van der Waals surface area contributed by atoms with Crippen LogP contribution < -0.4 is 5.73 Å². The zero-order chi connectivity index (χ0) is 21.1. The summed E-state index contributed by atoms with van der Waals surface area (Å²) in [5.74, 6) is 0.160. The highest BCUT2D eigenvalue weighted by Gasteiger charge is 2.19. The predicted octanol–water partition coefficient (Wildman–Crippen LogP) is 1.58. The summed E-state index contributed by atoms with van der Waals surface area (Å²) in [5, 5.41) is 16.6. The van der Waals surface area contributed by atoms with E-state index in [1.807, 2.05) is 41.3 Å². The molecule has 1 aliphatic rings. The fraction of sp³-hybridized carbons (Fsp3) is 0.273. The van der Waals surface area contributed by atoms with Gasteiger partial charge in [-0.25, -0.2) is 4.68 Å². The van der Waals surface area contributed by atoms with Crippen LogP contribution in [0.1, 0.15) is 16.8 Å². The minimum Gasteiger partial charge on any atom is -0.398 e. The molecule has 1 aliphatic heterocycles. The first-order chi connectivity index (χ1) is 14.5. The lowest BCUT2D eigenvalue weighted by molar-refractivity contribution is -0.132. The van der Waals surface area contributed by atoms with Crippen molar-refractivity contribution in [3.8, 4) is 5.69 Å².